The maximum absolute atomic E-state index is 11.9. The van der Waals surface area contributed by atoms with E-state index in [0.717, 1.165) is 44.1 Å². The number of amides is 1. The Balaban J connectivity index is 0.000000980. The van der Waals surface area contributed by atoms with Crippen molar-refractivity contribution in [1.82, 2.24) is 10.2 Å². The molecular formula is C9H17ClN2OS. The molecule has 0 aromatic carbocycles. The zero-order chi connectivity index (χ0) is 9.10. The van der Waals surface area contributed by atoms with Crippen molar-refractivity contribution in [2.24, 2.45) is 5.92 Å². The Morgan fingerprint density at radius 3 is 2.64 bits per heavy atom. The van der Waals surface area contributed by atoms with Gasteiger partial charge in [0.25, 0.3) is 0 Å². The Bertz CT molecular complexity index is 191. The number of carbonyl (C=O) groups excluding carboxylic acids is 1. The molecule has 0 aliphatic carbocycles. The molecule has 0 spiro atoms. The highest BCUT2D eigenvalue weighted by molar-refractivity contribution is 7.99. The zero-order valence-electron chi connectivity index (χ0n) is 8.20. The minimum atomic E-state index is 0. The molecule has 5 heteroatoms. The number of nitrogens with zero attached hydrogens (tertiary/aromatic N) is 1. The second-order valence-corrected chi connectivity index (χ2v) is 4.85. The maximum atomic E-state index is 11.9. The molecule has 0 bridgehead atoms. The molecule has 82 valence electrons. The van der Waals surface area contributed by atoms with E-state index in [1.165, 1.54) is 0 Å². The smallest absolute Gasteiger partial charge is 0.227 e. The fourth-order valence-corrected chi connectivity index (χ4v) is 2.81. The number of hydrogen-bond donors (Lipinski definition) is 1. The molecule has 2 rings (SSSR count). The van der Waals surface area contributed by atoms with Crippen LogP contribution in [0.2, 0.25) is 0 Å². The van der Waals surface area contributed by atoms with Gasteiger partial charge in [0.1, 0.15) is 0 Å². The molecule has 2 aliphatic heterocycles. The van der Waals surface area contributed by atoms with E-state index < -0.39 is 0 Å². The number of rotatable bonds is 1. The molecule has 0 saturated carbocycles. The third-order valence-corrected chi connectivity index (χ3v) is 3.67. The van der Waals surface area contributed by atoms with Gasteiger partial charge in [-0.15, -0.1) is 12.4 Å². The molecule has 2 heterocycles. The highest BCUT2D eigenvalue weighted by Crippen LogP contribution is 2.15. The lowest BCUT2D eigenvalue weighted by Crippen LogP contribution is -2.42. The Morgan fingerprint density at radius 2 is 2.07 bits per heavy atom. The summed E-state index contributed by atoms with van der Waals surface area (Å²) >= 11 is 1.95. The van der Waals surface area contributed by atoms with Crippen molar-refractivity contribution in [3.8, 4) is 0 Å². The SMILES string of the molecule is Cl.O=C(C1CCNC1)N1CCSCC1. The van der Waals surface area contributed by atoms with Gasteiger partial charge in [0.05, 0.1) is 5.92 Å². The van der Waals surface area contributed by atoms with E-state index in [2.05, 4.69) is 5.32 Å². The summed E-state index contributed by atoms with van der Waals surface area (Å²) in [5, 5.41) is 3.24. The Labute approximate surface area is 95.4 Å². The average molecular weight is 237 g/mol. The standard InChI is InChI=1S/C9H16N2OS.ClH/c12-9(8-1-2-10-7-8)11-3-5-13-6-4-11;/h8,10H,1-7H2;1H. The molecule has 2 fully saturated rings. The molecular weight excluding hydrogens is 220 g/mol. The Hall–Kier alpha value is 0.0700. The van der Waals surface area contributed by atoms with Gasteiger partial charge in [-0.1, -0.05) is 0 Å². The van der Waals surface area contributed by atoms with E-state index in [0.29, 0.717) is 5.91 Å². The van der Waals surface area contributed by atoms with Crippen LogP contribution in [0.4, 0.5) is 0 Å². The van der Waals surface area contributed by atoms with Gasteiger partial charge < -0.3 is 10.2 Å². The highest BCUT2D eigenvalue weighted by atomic mass is 35.5. The van der Waals surface area contributed by atoms with Crippen molar-refractivity contribution >= 4 is 30.1 Å². The highest BCUT2D eigenvalue weighted by Gasteiger charge is 2.27. The van der Waals surface area contributed by atoms with Crippen molar-refractivity contribution in [3.05, 3.63) is 0 Å². The first kappa shape index (κ1) is 12.1. The van der Waals surface area contributed by atoms with Crippen LogP contribution in [0.5, 0.6) is 0 Å². The number of thioether (sulfide) groups is 1. The van der Waals surface area contributed by atoms with E-state index in [1.807, 2.05) is 16.7 Å². The number of hydrogen-bond acceptors (Lipinski definition) is 3. The van der Waals surface area contributed by atoms with Crippen LogP contribution in [-0.2, 0) is 4.79 Å². The summed E-state index contributed by atoms with van der Waals surface area (Å²) in [6, 6.07) is 0. The topological polar surface area (TPSA) is 32.3 Å². The van der Waals surface area contributed by atoms with Crippen molar-refractivity contribution in [2.75, 3.05) is 37.7 Å². The van der Waals surface area contributed by atoms with Gasteiger partial charge in [0.2, 0.25) is 5.91 Å². The van der Waals surface area contributed by atoms with E-state index in [4.69, 9.17) is 0 Å². The van der Waals surface area contributed by atoms with Crippen LogP contribution in [0.25, 0.3) is 0 Å². The largest absolute Gasteiger partial charge is 0.341 e. The van der Waals surface area contributed by atoms with Crippen LogP contribution in [0.1, 0.15) is 6.42 Å². The van der Waals surface area contributed by atoms with Gasteiger partial charge in [-0.3, -0.25) is 4.79 Å². The number of nitrogens with one attached hydrogen (secondary N) is 1. The van der Waals surface area contributed by atoms with Gasteiger partial charge in [-0.25, -0.2) is 0 Å². The third kappa shape index (κ3) is 2.78. The molecule has 1 amide bonds. The Morgan fingerprint density at radius 1 is 1.36 bits per heavy atom. The quantitative estimate of drug-likeness (QED) is 0.724. The van der Waals surface area contributed by atoms with Gasteiger partial charge in [-0.05, 0) is 13.0 Å². The lowest BCUT2D eigenvalue weighted by molar-refractivity contribution is -0.134. The summed E-state index contributed by atoms with van der Waals surface area (Å²) in [7, 11) is 0. The molecule has 0 aromatic heterocycles. The first-order valence-electron chi connectivity index (χ1n) is 4.95. The minimum absolute atomic E-state index is 0. The fraction of sp³-hybridized carbons (Fsp3) is 0.889. The molecule has 14 heavy (non-hydrogen) atoms. The van der Waals surface area contributed by atoms with Crippen molar-refractivity contribution in [2.45, 2.75) is 6.42 Å². The molecule has 1 N–H and O–H groups in total. The molecule has 2 aliphatic rings. The lowest BCUT2D eigenvalue weighted by atomic mass is 10.1. The third-order valence-electron chi connectivity index (χ3n) is 2.73. The molecule has 0 aromatic rings. The first-order valence-corrected chi connectivity index (χ1v) is 6.10. The number of halogens is 1. The minimum Gasteiger partial charge on any atom is -0.341 e. The molecule has 2 saturated heterocycles. The summed E-state index contributed by atoms with van der Waals surface area (Å²) < 4.78 is 0. The predicted molar refractivity (Wildman–Crippen MR) is 62.1 cm³/mol. The number of carbonyl (C=O) groups is 1. The normalized spacial score (nSPS) is 27.1. The summed E-state index contributed by atoms with van der Waals surface area (Å²) in [4.78, 5) is 13.9. The van der Waals surface area contributed by atoms with Gasteiger partial charge in [0.15, 0.2) is 0 Å². The monoisotopic (exact) mass is 236 g/mol. The first-order chi connectivity index (χ1) is 6.38. The van der Waals surface area contributed by atoms with Crippen LogP contribution in [0, 0.1) is 5.92 Å². The Kier molecular flexibility index (Phi) is 5.06. The summed E-state index contributed by atoms with van der Waals surface area (Å²) in [5.41, 5.74) is 0. The van der Waals surface area contributed by atoms with Crippen LogP contribution < -0.4 is 5.32 Å². The second kappa shape index (κ2) is 5.83. The summed E-state index contributed by atoms with van der Waals surface area (Å²) in [6.45, 7) is 3.82. The molecule has 3 nitrogen and oxygen atoms in total. The van der Waals surface area contributed by atoms with E-state index in [1.54, 1.807) is 0 Å². The predicted octanol–water partition coefficient (Wildman–Crippen LogP) is 0.593. The van der Waals surface area contributed by atoms with Gasteiger partial charge in [-0.2, -0.15) is 11.8 Å². The van der Waals surface area contributed by atoms with Gasteiger partial charge in [0, 0.05) is 31.1 Å². The van der Waals surface area contributed by atoms with Gasteiger partial charge >= 0.3 is 0 Å². The van der Waals surface area contributed by atoms with Crippen LogP contribution in [0.15, 0.2) is 0 Å². The van der Waals surface area contributed by atoms with E-state index in [-0.39, 0.29) is 18.3 Å². The van der Waals surface area contributed by atoms with Crippen molar-refractivity contribution < 1.29 is 4.79 Å². The second-order valence-electron chi connectivity index (χ2n) is 3.63. The fourth-order valence-electron chi connectivity index (χ4n) is 1.91. The van der Waals surface area contributed by atoms with E-state index >= 15 is 0 Å². The van der Waals surface area contributed by atoms with Crippen molar-refractivity contribution in [3.63, 3.8) is 0 Å². The van der Waals surface area contributed by atoms with Crippen molar-refractivity contribution in [1.29, 1.82) is 0 Å². The van der Waals surface area contributed by atoms with Crippen LogP contribution in [-0.4, -0.2) is 48.5 Å². The molecule has 1 unspecified atom stereocenters. The zero-order valence-corrected chi connectivity index (χ0v) is 9.83. The molecule has 1 atom stereocenters. The summed E-state index contributed by atoms with van der Waals surface area (Å²) in [6.07, 6.45) is 1.03. The van der Waals surface area contributed by atoms with Crippen LogP contribution in [0.3, 0.4) is 0 Å². The van der Waals surface area contributed by atoms with E-state index in [9.17, 15) is 4.79 Å². The average Bonchev–Trinajstić information content (AvgIpc) is 2.71. The van der Waals surface area contributed by atoms with Crippen LogP contribution >= 0.6 is 24.2 Å². The lowest BCUT2D eigenvalue weighted by Gasteiger charge is -2.28. The molecule has 0 radical (unpaired) electrons. The summed E-state index contributed by atoms with van der Waals surface area (Å²) in [5.74, 6) is 2.88. The maximum Gasteiger partial charge on any atom is 0.227 e.